The van der Waals surface area contributed by atoms with Crippen LogP contribution < -0.4 is 10.9 Å². The van der Waals surface area contributed by atoms with Gasteiger partial charge in [-0.25, -0.2) is 4.98 Å². The van der Waals surface area contributed by atoms with Crippen molar-refractivity contribution in [3.8, 4) is 0 Å². The molecule has 0 N–H and O–H groups in total. The lowest BCUT2D eigenvalue weighted by molar-refractivity contribution is 0.602. The van der Waals surface area contributed by atoms with Crippen LogP contribution in [0.4, 0.5) is 0 Å². The van der Waals surface area contributed by atoms with Gasteiger partial charge in [-0.15, -0.1) is 0 Å². The van der Waals surface area contributed by atoms with Crippen LogP contribution in [0.2, 0.25) is 0 Å². The summed E-state index contributed by atoms with van der Waals surface area (Å²) >= 11 is 0. The van der Waals surface area contributed by atoms with E-state index in [1.54, 1.807) is 0 Å². The van der Waals surface area contributed by atoms with Gasteiger partial charge in [0.2, 0.25) is 10.9 Å². The normalized spacial score (nSPS) is 9.87. The Balaban J connectivity index is 0.000000124. The minimum Gasteiger partial charge on any atom is -0.443 e. The zero-order valence-electron chi connectivity index (χ0n) is 7.71. The Hall–Kier alpha value is -2.23. The summed E-state index contributed by atoms with van der Waals surface area (Å²) in [5.74, 6) is 0. The smallest absolute Gasteiger partial charge is 0.225 e. The fraction of sp³-hybridized carbons (Fsp3) is 0. The first-order valence-electron chi connectivity index (χ1n) is 4.32. The van der Waals surface area contributed by atoms with E-state index in [1.807, 2.05) is 24.3 Å². The average Bonchev–Trinajstić information content (AvgIpc) is 2.75. The lowest BCUT2D eigenvalue weighted by Crippen LogP contribution is -2.26. The molecule has 0 aliphatic rings. The second-order valence-electron chi connectivity index (χ2n) is 2.88. The number of fused-ring (bicyclic) bond motifs is 1. The topological polar surface area (TPSA) is 60.2 Å². The minimum atomic E-state index is -0.380. The van der Waals surface area contributed by atoms with Gasteiger partial charge in [0.05, 0.1) is 0 Å². The van der Waals surface area contributed by atoms with E-state index in [2.05, 4.69) is 4.98 Å². The molecule has 0 amide bonds. The Morgan fingerprint density at radius 3 is 2.13 bits per heavy atom. The molecule has 0 aliphatic heterocycles. The molecule has 1 heterocycles. The molecule has 4 nitrogen and oxygen atoms in total. The molecule has 15 heavy (non-hydrogen) atoms. The molecule has 0 atom stereocenters. The highest BCUT2D eigenvalue weighted by atomic mass is 16.3. The average molecular weight is 201 g/mol. The summed E-state index contributed by atoms with van der Waals surface area (Å²) in [6.45, 7) is 0. The molecule has 2 aromatic carbocycles. The number of hydrogen-bond donors (Lipinski definition) is 0. The molecule has 3 rings (SSSR count). The van der Waals surface area contributed by atoms with E-state index in [4.69, 9.17) is 4.42 Å². The molecule has 0 aliphatic carbocycles. The van der Waals surface area contributed by atoms with Crippen LogP contribution in [0.3, 0.4) is 0 Å². The molecule has 1 aromatic heterocycles. The van der Waals surface area contributed by atoms with Gasteiger partial charge < -0.3 is 4.42 Å². The van der Waals surface area contributed by atoms with Crippen LogP contribution >= 0.6 is 0 Å². The fourth-order valence-electron chi connectivity index (χ4n) is 1.02. The third-order valence-electron chi connectivity index (χ3n) is 1.87. The number of hydrogen-bond acceptors (Lipinski definition) is 4. The van der Waals surface area contributed by atoms with Crippen molar-refractivity contribution in [2.45, 2.75) is 0 Å². The minimum absolute atomic E-state index is 0.380. The molecule has 3 aromatic rings. The maximum Gasteiger partial charge on any atom is 0.225 e. The van der Waals surface area contributed by atoms with Crippen molar-refractivity contribution < 1.29 is 4.42 Å². The summed E-state index contributed by atoms with van der Waals surface area (Å²) < 4.78 is 5.01. The third kappa shape index (κ3) is 1.99. The van der Waals surface area contributed by atoms with Gasteiger partial charge in [0.25, 0.3) is 0 Å². The maximum atomic E-state index is 9.79. The highest BCUT2D eigenvalue weighted by Crippen LogP contribution is 2.09. The zero-order chi connectivity index (χ0) is 10.7. The Bertz CT molecular complexity index is 578. The Morgan fingerprint density at radius 2 is 1.60 bits per heavy atom. The number of para-hydroxylation sites is 2. The van der Waals surface area contributed by atoms with Gasteiger partial charge in [-0.05, 0) is 24.3 Å². The molecule has 0 saturated heterocycles. The van der Waals surface area contributed by atoms with Crippen LogP contribution in [-0.2, 0) is 0 Å². The number of benzene rings is 1. The van der Waals surface area contributed by atoms with E-state index in [0.717, 1.165) is 11.1 Å². The molecular formula is C11H7NO3. The van der Waals surface area contributed by atoms with Crippen LogP contribution in [0.15, 0.2) is 56.8 Å². The van der Waals surface area contributed by atoms with Gasteiger partial charge >= 0.3 is 0 Å². The SMILES string of the molecule is O=c1ccc1=O.c1ccc2ocnc2c1. The van der Waals surface area contributed by atoms with Crippen molar-refractivity contribution in [1.82, 2.24) is 4.98 Å². The maximum absolute atomic E-state index is 9.79. The molecular weight excluding hydrogens is 194 g/mol. The van der Waals surface area contributed by atoms with E-state index in [0.29, 0.717) is 0 Å². The van der Waals surface area contributed by atoms with E-state index < -0.39 is 0 Å². The standard InChI is InChI=1S/C7H5NO.C4H2O2/c1-2-4-7-6(3-1)8-5-9-7;5-3-1-2-4(3)6/h1-5H;1-2H. The Morgan fingerprint density at radius 1 is 0.933 bits per heavy atom. The van der Waals surface area contributed by atoms with Crippen LogP contribution in [0, 0.1) is 0 Å². The third-order valence-corrected chi connectivity index (χ3v) is 1.87. The van der Waals surface area contributed by atoms with E-state index in [-0.39, 0.29) is 10.9 Å². The number of rotatable bonds is 0. The van der Waals surface area contributed by atoms with E-state index in [1.165, 1.54) is 18.5 Å². The quantitative estimate of drug-likeness (QED) is 0.511. The predicted octanol–water partition coefficient (Wildman–Crippen LogP) is 1.11. The van der Waals surface area contributed by atoms with Crippen LogP contribution in [-0.4, -0.2) is 4.98 Å². The first kappa shape index (κ1) is 9.33. The van der Waals surface area contributed by atoms with Gasteiger partial charge in [0.15, 0.2) is 12.0 Å². The van der Waals surface area contributed by atoms with Crippen molar-refractivity contribution in [2.75, 3.05) is 0 Å². The fourth-order valence-corrected chi connectivity index (χ4v) is 1.02. The van der Waals surface area contributed by atoms with Crippen molar-refractivity contribution in [1.29, 1.82) is 0 Å². The molecule has 74 valence electrons. The summed E-state index contributed by atoms with van der Waals surface area (Å²) in [6, 6.07) is 10.2. The van der Waals surface area contributed by atoms with Gasteiger partial charge in [-0.2, -0.15) is 0 Å². The molecule has 0 fully saturated rings. The predicted molar refractivity (Wildman–Crippen MR) is 55.4 cm³/mol. The summed E-state index contributed by atoms with van der Waals surface area (Å²) in [7, 11) is 0. The number of oxazole rings is 1. The lowest BCUT2D eigenvalue weighted by Gasteiger charge is -1.79. The first-order valence-corrected chi connectivity index (χ1v) is 4.32. The van der Waals surface area contributed by atoms with E-state index in [9.17, 15) is 9.59 Å². The van der Waals surface area contributed by atoms with Crippen LogP contribution in [0.1, 0.15) is 0 Å². The highest BCUT2D eigenvalue weighted by molar-refractivity contribution is 5.71. The lowest BCUT2D eigenvalue weighted by atomic mass is 10.3. The highest BCUT2D eigenvalue weighted by Gasteiger charge is 1.91. The summed E-state index contributed by atoms with van der Waals surface area (Å²) in [6.07, 6.45) is 1.45. The van der Waals surface area contributed by atoms with Gasteiger partial charge in [0, 0.05) is 0 Å². The van der Waals surface area contributed by atoms with Gasteiger partial charge in [-0.3, -0.25) is 9.59 Å². The van der Waals surface area contributed by atoms with Gasteiger partial charge in [0.1, 0.15) is 5.52 Å². The molecule has 0 radical (unpaired) electrons. The molecule has 0 unspecified atom stereocenters. The molecule has 0 spiro atoms. The summed E-state index contributed by atoms with van der Waals surface area (Å²) in [4.78, 5) is 23.5. The van der Waals surface area contributed by atoms with Gasteiger partial charge in [-0.1, -0.05) is 12.1 Å². The van der Waals surface area contributed by atoms with E-state index >= 15 is 0 Å². The second-order valence-corrected chi connectivity index (χ2v) is 2.88. The second kappa shape index (κ2) is 3.88. The van der Waals surface area contributed by atoms with Crippen molar-refractivity contribution in [3.05, 3.63) is 63.2 Å². The number of nitrogens with zero attached hydrogens (tertiary/aromatic N) is 1. The molecule has 4 heteroatoms. The van der Waals surface area contributed by atoms with Crippen LogP contribution in [0.5, 0.6) is 0 Å². The largest absolute Gasteiger partial charge is 0.443 e. The van der Waals surface area contributed by atoms with Crippen molar-refractivity contribution in [3.63, 3.8) is 0 Å². The Kier molecular flexibility index (Phi) is 2.41. The number of aromatic nitrogens is 1. The molecule has 0 bridgehead atoms. The van der Waals surface area contributed by atoms with Crippen molar-refractivity contribution >= 4 is 11.1 Å². The first-order chi connectivity index (χ1) is 7.27. The zero-order valence-corrected chi connectivity index (χ0v) is 7.71. The summed E-state index contributed by atoms with van der Waals surface area (Å²) in [5.41, 5.74) is 1.00. The monoisotopic (exact) mass is 201 g/mol. The van der Waals surface area contributed by atoms with Crippen LogP contribution in [0.25, 0.3) is 11.1 Å². The summed E-state index contributed by atoms with van der Waals surface area (Å²) in [5, 5.41) is 0. The Labute approximate surface area is 84.5 Å². The van der Waals surface area contributed by atoms with Crippen molar-refractivity contribution in [2.24, 2.45) is 0 Å². The molecule has 0 saturated carbocycles.